The van der Waals surface area contributed by atoms with Gasteiger partial charge >= 0.3 is 11.1 Å². The summed E-state index contributed by atoms with van der Waals surface area (Å²) >= 11 is 0. The molecular formula is C16H17N5O4. The molecule has 0 saturated carbocycles. The number of methoxy groups -OCH3 is 1. The number of hydrogen-bond acceptors (Lipinski definition) is 5. The third kappa shape index (κ3) is 3.36. The predicted molar refractivity (Wildman–Crippen MR) is 90.5 cm³/mol. The molecule has 1 atom stereocenters. The van der Waals surface area contributed by atoms with Gasteiger partial charge in [-0.2, -0.15) is 5.10 Å². The number of H-pyrrole nitrogens is 2. The fourth-order valence-electron chi connectivity index (χ4n) is 2.59. The number of aromatic amines is 2. The van der Waals surface area contributed by atoms with Crippen molar-refractivity contribution in [3.8, 4) is 0 Å². The van der Waals surface area contributed by atoms with Crippen LogP contribution in [0.15, 0.2) is 40.1 Å². The molecule has 0 aliphatic rings. The minimum absolute atomic E-state index is 0.281. The number of nitrogens with zero attached hydrogens (tertiary/aromatic N) is 2. The number of benzene rings is 1. The highest BCUT2D eigenvalue weighted by atomic mass is 16.5. The van der Waals surface area contributed by atoms with Crippen LogP contribution in [0.3, 0.4) is 0 Å². The van der Waals surface area contributed by atoms with E-state index in [-0.39, 0.29) is 18.6 Å². The molecule has 0 aliphatic heterocycles. The van der Waals surface area contributed by atoms with Gasteiger partial charge in [-0.1, -0.05) is 0 Å². The monoisotopic (exact) mass is 343 g/mol. The van der Waals surface area contributed by atoms with Crippen LogP contribution in [0.2, 0.25) is 0 Å². The molecule has 0 saturated heterocycles. The van der Waals surface area contributed by atoms with Crippen LogP contribution in [0.1, 0.15) is 22.1 Å². The van der Waals surface area contributed by atoms with E-state index in [0.717, 1.165) is 5.69 Å². The van der Waals surface area contributed by atoms with Crippen molar-refractivity contribution >= 4 is 16.9 Å². The van der Waals surface area contributed by atoms with Gasteiger partial charge in [-0.25, -0.2) is 0 Å². The molecule has 2 heterocycles. The molecule has 0 spiro atoms. The average molecular weight is 343 g/mol. The molecule has 0 radical (unpaired) electrons. The Hall–Kier alpha value is -3.20. The molecule has 9 heteroatoms. The highest BCUT2D eigenvalue weighted by molar-refractivity contribution is 5.97. The van der Waals surface area contributed by atoms with Crippen molar-refractivity contribution < 1.29 is 9.53 Å². The summed E-state index contributed by atoms with van der Waals surface area (Å²) < 4.78 is 6.83. The number of carbonyl (C=O) groups is 1. The molecule has 3 N–H and O–H groups in total. The third-order valence-corrected chi connectivity index (χ3v) is 3.84. The summed E-state index contributed by atoms with van der Waals surface area (Å²) in [4.78, 5) is 40.2. The molecule has 3 rings (SSSR count). The van der Waals surface area contributed by atoms with Crippen molar-refractivity contribution in [2.75, 3.05) is 13.7 Å². The third-order valence-electron chi connectivity index (χ3n) is 3.84. The lowest BCUT2D eigenvalue weighted by Crippen LogP contribution is -2.33. The Bertz CT molecular complexity index is 1030. The number of aryl methyl sites for hydroxylation is 1. The zero-order valence-electron chi connectivity index (χ0n) is 13.7. The van der Waals surface area contributed by atoms with E-state index in [1.165, 1.54) is 6.07 Å². The number of hydrogen-bond donors (Lipinski definition) is 3. The molecule has 1 unspecified atom stereocenters. The number of carbonyl (C=O) groups excluding carboxylic acids is 1. The minimum Gasteiger partial charge on any atom is -0.382 e. The second kappa shape index (κ2) is 6.73. The van der Waals surface area contributed by atoms with E-state index in [2.05, 4.69) is 20.4 Å². The van der Waals surface area contributed by atoms with E-state index in [1.807, 2.05) is 0 Å². The van der Waals surface area contributed by atoms with Gasteiger partial charge in [0.1, 0.15) is 0 Å². The van der Waals surface area contributed by atoms with Crippen LogP contribution in [-0.2, 0) is 11.8 Å². The molecule has 1 aromatic carbocycles. The number of aromatic nitrogens is 4. The lowest BCUT2D eigenvalue weighted by molar-refractivity contribution is 0.0892. The Morgan fingerprint density at radius 3 is 2.60 bits per heavy atom. The highest BCUT2D eigenvalue weighted by Gasteiger charge is 2.19. The van der Waals surface area contributed by atoms with E-state index in [9.17, 15) is 14.4 Å². The Balaban J connectivity index is 1.90. The standard InChI is InChI=1S/C16H17N5O4/c1-21-13(5-6-17-21)12(8-25-2)20-14(22)9-3-4-10-11(7-9)19-16(24)15(23)18-10/h3-7,12H,8H2,1-2H3,(H,18,23)(H,19,24)(H,20,22). The molecule has 130 valence electrons. The minimum atomic E-state index is -0.766. The van der Waals surface area contributed by atoms with Crippen molar-refractivity contribution in [1.82, 2.24) is 25.1 Å². The van der Waals surface area contributed by atoms with Crippen molar-refractivity contribution in [1.29, 1.82) is 0 Å². The van der Waals surface area contributed by atoms with Crippen LogP contribution in [0.5, 0.6) is 0 Å². The fourth-order valence-corrected chi connectivity index (χ4v) is 2.59. The summed E-state index contributed by atoms with van der Waals surface area (Å²) in [6, 6.07) is 6.06. The smallest absolute Gasteiger partial charge is 0.314 e. The molecule has 9 nitrogen and oxygen atoms in total. The van der Waals surface area contributed by atoms with Crippen molar-refractivity contribution in [2.24, 2.45) is 7.05 Å². The molecule has 0 bridgehead atoms. The van der Waals surface area contributed by atoms with Gasteiger partial charge in [0.05, 0.1) is 29.4 Å². The van der Waals surface area contributed by atoms with Gasteiger partial charge in [0.25, 0.3) is 5.91 Å². The topological polar surface area (TPSA) is 122 Å². The first kappa shape index (κ1) is 16.7. The maximum absolute atomic E-state index is 12.6. The van der Waals surface area contributed by atoms with Crippen LogP contribution in [0, 0.1) is 0 Å². The van der Waals surface area contributed by atoms with Crippen LogP contribution < -0.4 is 16.4 Å². The number of nitrogens with one attached hydrogen (secondary N) is 3. The summed E-state index contributed by atoms with van der Waals surface area (Å²) in [6.45, 7) is 0.281. The SMILES string of the molecule is COCC(NC(=O)c1ccc2[nH]c(=O)c(=O)[nH]c2c1)c1ccnn1C. The Morgan fingerprint density at radius 2 is 1.96 bits per heavy atom. The van der Waals surface area contributed by atoms with E-state index < -0.39 is 11.1 Å². The summed E-state index contributed by atoms with van der Waals surface area (Å²) in [5.74, 6) is -0.336. The van der Waals surface area contributed by atoms with Gasteiger partial charge in [-0.3, -0.25) is 19.1 Å². The molecule has 0 fully saturated rings. The van der Waals surface area contributed by atoms with Crippen LogP contribution in [0.25, 0.3) is 11.0 Å². The van der Waals surface area contributed by atoms with Gasteiger partial charge in [-0.15, -0.1) is 0 Å². The van der Waals surface area contributed by atoms with Crippen LogP contribution >= 0.6 is 0 Å². The van der Waals surface area contributed by atoms with E-state index in [0.29, 0.717) is 16.6 Å². The predicted octanol–water partition coefficient (Wildman–Crippen LogP) is 0.0674. The Morgan fingerprint density at radius 1 is 1.24 bits per heavy atom. The van der Waals surface area contributed by atoms with Crippen molar-refractivity contribution in [3.63, 3.8) is 0 Å². The first-order valence-corrected chi connectivity index (χ1v) is 7.53. The quantitative estimate of drug-likeness (QED) is 0.566. The number of amides is 1. The lowest BCUT2D eigenvalue weighted by atomic mass is 10.1. The lowest BCUT2D eigenvalue weighted by Gasteiger charge is -2.18. The van der Waals surface area contributed by atoms with Crippen molar-refractivity contribution in [2.45, 2.75) is 6.04 Å². The van der Waals surface area contributed by atoms with Gasteiger partial charge in [-0.05, 0) is 24.3 Å². The second-order valence-electron chi connectivity index (χ2n) is 5.53. The summed E-state index contributed by atoms with van der Waals surface area (Å²) in [7, 11) is 3.33. The molecule has 3 aromatic rings. The second-order valence-corrected chi connectivity index (χ2v) is 5.53. The molecule has 0 aliphatic carbocycles. The highest BCUT2D eigenvalue weighted by Crippen LogP contribution is 2.15. The van der Waals surface area contributed by atoms with E-state index in [4.69, 9.17) is 4.74 Å². The summed E-state index contributed by atoms with van der Waals surface area (Å²) in [6.07, 6.45) is 1.64. The molecular weight excluding hydrogens is 326 g/mol. The molecule has 2 aromatic heterocycles. The summed E-state index contributed by atoms with van der Waals surface area (Å²) in [5.41, 5.74) is 0.466. The normalized spacial score (nSPS) is 12.2. The fraction of sp³-hybridized carbons (Fsp3) is 0.250. The van der Waals surface area contributed by atoms with Crippen LogP contribution in [-0.4, -0.2) is 39.4 Å². The summed E-state index contributed by atoms with van der Waals surface area (Å²) in [5, 5.41) is 6.97. The van der Waals surface area contributed by atoms with E-state index in [1.54, 1.807) is 43.2 Å². The first-order chi connectivity index (χ1) is 12.0. The zero-order chi connectivity index (χ0) is 18.0. The molecule has 25 heavy (non-hydrogen) atoms. The Labute approximate surface area is 141 Å². The number of fused-ring (bicyclic) bond motifs is 1. The maximum atomic E-state index is 12.6. The Kier molecular flexibility index (Phi) is 4.48. The van der Waals surface area contributed by atoms with Gasteiger partial charge in [0, 0.05) is 25.9 Å². The van der Waals surface area contributed by atoms with Gasteiger partial charge in [0.2, 0.25) is 0 Å². The molecule has 1 amide bonds. The van der Waals surface area contributed by atoms with E-state index >= 15 is 0 Å². The van der Waals surface area contributed by atoms with Crippen molar-refractivity contribution in [3.05, 3.63) is 62.4 Å². The van der Waals surface area contributed by atoms with Gasteiger partial charge < -0.3 is 20.0 Å². The first-order valence-electron chi connectivity index (χ1n) is 7.53. The number of rotatable bonds is 5. The van der Waals surface area contributed by atoms with Gasteiger partial charge in [0.15, 0.2) is 0 Å². The number of ether oxygens (including phenoxy) is 1. The average Bonchev–Trinajstić information content (AvgIpc) is 3.01. The van der Waals surface area contributed by atoms with Crippen LogP contribution in [0.4, 0.5) is 0 Å². The largest absolute Gasteiger partial charge is 0.382 e. The maximum Gasteiger partial charge on any atom is 0.314 e. The zero-order valence-corrected chi connectivity index (χ0v) is 13.7.